The number of hydrogen-bond donors (Lipinski definition) is 2. The summed E-state index contributed by atoms with van der Waals surface area (Å²) in [7, 11) is 0. The van der Waals surface area contributed by atoms with E-state index in [9.17, 15) is 24.8 Å². The highest BCUT2D eigenvalue weighted by molar-refractivity contribution is 5.82. The first-order valence-electron chi connectivity index (χ1n) is 13.0. The van der Waals surface area contributed by atoms with Crippen molar-refractivity contribution in [2.24, 2.45) is 0 Å². The van der Waals surface area contributed by atoms with Gasteiger partial charge in [-0.1, -0.05) is 66.7 Å². The maximum Gasteiger partial charge on any atom is 0.407 e. The Morgan fingerprint density at radius 1 is 0.976 bits per heavy atom. The quantitative estimate of drug-likeness (QED) is 0.195. The lowest BCUT2D eigenvalue weighted by atomic mass is 9.98. The Morgan fingerprint density at radius 2 is 1.66 bits per heavy atom. The van der Waals surface area contributed by atoms with Gasteiger partial charge in [-0.2, -0.15) is 0 Å². The van der Waals surface area contributed by atoms with Crippen LogP contribution in [-0.2, 0) is 16.0 Å². The number of non-ortho nitro benzene ring substituents is 1. The topological polar surface area (TPSA) is 136 Å². The highest BCUT2D eigenvalue weighted by atomic mass is 16.6. The minimum atomic E-state index is -1.34. The first kappa shape index (κ1) is 25.8. The number of imidazole rings is 1. The van der Waals surface area contributed by atoms with E-state index in [1.807, 2.05) is 48.5 Å². The van der Waals surface area contributed by atoms with Gasteiger partial charge in [0.2, 0.25) is 0 Å². The van der Waals surface area contributed by atoms with Gasteiger partial charge in [-0.15, -0.1) is 0 Å². The number of nitro benzene ring substituents is 1. The Balaban J connectivity index is 1.24. The van der Waals surface area contributed by atoms with Crippen LogP contribution in [0.25, 0.3) is 28.0 Å². The molecule has 0 bridgehead atoms. The minimum Gasteiger partial charge on any atom is -0.480 e. The van der Waals surface area contributed by atoms with Gasteiger partial charge >= 0.3 is 12.1 Å². The number of carboxylic acids is 1. The molecule has 0 saturated heterocycles. The fourth-order valence-corrected chi connectivity index (χ4v) is 5.42. The molecule has 0 saturated carbocycles. The maximum atomic E-state index is 12.9. The van der Waals surface area contributed by atoms with Crippen LogP contribution in [0.2, 0.25) is 0 Å². The molecular weight excluding hydrogens is 524 g/mol. The summed E-state index contributed by atoms with van der Waals surface area (Å²) in [5, 5.41) is 23.9. The summed E-state index contributed by atoms with van der Waals surface area (Å²) >= 11 is 0. The number of aromatic nitrogens is 2. The monoisotopic (exact) mass is 548 g/mol. The van der Waals surface area contributed by atoms with Gasteiger partial charge < -0.3 is 19.6 Å². The minimum absolute atomic E-state index is 0.0424. The molecule has 1 amide bonds. The molecule has 1 aliphatic carbocycles. The molecular formula is C31H24N4O6. The summed E-state index contributed by atoms with van der Waals surface area (Å²) in [6.07, 6.45) is 0.734. The molecule has 10 heteroatoms. The zero-order valence-corrected chi connectivity index (χ0v) is 21.6. The standard InChI is InChI=1S/C31H24N4O6/c36-30(37)26(32-31(38)41-18-25-23-12-3-1-10-21(23)22-11-2-4-13-24(22)25)17-27-29(33-28-14-5-6-15-34(27)28)19-8-7-9-20(16-19)35(39)40/h1-16,25-26H,17-18H2,(H,32,38)(H,36,37). The van der Waals surface area contributed by atoms with Gasteiger partial charge in [-0.25, -0.2) is 14.6 Å². The first-order chi connectivity index (χ1) is 19.9. The second-order valence-corrected chi connectivity index (χ2v) is 9.71. The largest absolute Gasteiger partial charge is 0.480 e. The first-order valence-corrected chi connectivity index (χ1v) is 13.0. The molecule has 1 unspecified atom stereocenters. The second kappa shape index (κ2) is 10.6. The number of alkyl carbamates (subject to hydrolysis) is 1. The van der Waals surface area contributed by atoms with Crippen molar-refractivity contribution in [3.05, 3.63) is 124 Å². The molecule has 2 heterocycles. The number of rotatable bonds is 8. The highest BCUT2D eigenvalue weighted by Crippen LogP contribution is 2.44. The van der Waals surface area contributed by atoms with Gasteiger partial charge in [-0.3, -0.25) is 10.1 Å². The fourth-order valence-electron chi connectivity index (χ4n) is 5.42. The van der Waals surface area contributed by atoms with E-state index < -0.39 is 23.0 Å². The van der Waals surface area contributed by atoms with Gasteiger partial charge in [0.05, 0.1) is 16.3 Å². The molecule has 0 spiro atoms. The number of carbonyl (C=O) groups is 2. The number of fused-ring (bicyclic) bond motifs is 4. The maximum absolute atomic E-state index is 12.9. The number of ether oxygens (including phenoxy) is 1. The Morgan fingerprint density at radius 3 is 2.34 bits per heavy atom. The third kappa shape index (κ3) is 4.87. The molecule has 204 valence electrons. The third-order valence-electron chi connectivity index (χ3n) is 7.29. The second-order valence-electron chi connectivity index (χ2n) is 9.71. The van der Waals surface area contributed by atoms with E-state index in [1.54, 1.807) is 40.9 Å². The molecule has 41 heavy (non-hydrogen) atoms. The molecule has 6 rings (SSSR count). The fraction of sp³-hybridized carbons (Fsp3) is 0.129. The molecule has 3 aromatic carbocycles. The molecule has 0 fully saturated rings. The molecule has 1 atom stereocenters. The number of carbonyl (C=O) groups excluding carboxylic acids is 1. The number of nitrogens with zero attached hydrogens (tertiary/aromatic N) is 3. The number of benzene rings is 3. The predicted octanol–water partition coefficient (Wildman–Crippen LogP) is 5.44. The number of nitrogens with one attached hydrogen (secondary N) is 1. The number of nitro groups is 1. The normalized spacial score (nSPS) is 12.9. The van der Waals surface area contributed by atoms with Crippen molar-refractivity contribution < 1.29 is 24.4 Å². The van der Waals surface area contributed by atoms with E-state index in [1.165, 1.54) is 12.1 Å². The van der Waals surface area contributed by atoms with Gasteiger partial charge in [-0.05, 0) is 34.4 Å². The van der Waals surface area contributed by atoms with Crippen molar-refractivity contribution in [3.8, 4) is 22.4 Å². The van der Waals surface area contributed by atoms with E-state index in [-0.39, 0.29) is 24.6 Å². The number of amides is 1. The van der Waals surface area contributed by atoms with E-state index in [0.717, 1.165) is 22.3 Å². The average molecular weight is 549 g/mol. The van der Waals surface area contributed by atoms with Gasteiger partial charge in [0, 0.05) is 36.2 Å². The molecule has 10 nitrogen and oxygen atoms in total. The third-order valence-corrected chi connectivity index (χ3v) is 7.29. The van der Waals surface area contributed by atoms with E-state index in [2.05, 4.69) is 10.3 Å². The van der Waals surface area contributed by atoms with Crippen LogP contribution in [0, 0.1) is 10.1 Å². The molecule has 0 aliphatic heterocycles. The molecule has 0 radical (unpaired) electrons. The molecule has 2 aromatic heterocycles. The Bertz CT molecular complexity index is 1770. The number of hydrogen-bond acceptors (Lipinski definition) is 6. The number of carboxylic acid groups (broad SMARTS) is 1. The molecule has 1 aliphatic rings. The van der Waals surface area contributed by atoms with Gasteiger partial charge in [0.25, 0.3) is 5.69 Å². The van der Waals surface area contributed by atoms with Crippen molar-refractivity contribution in [2.75, 3.05) is 6.61 Å². The summed E-state index contributed by atoms with van der Waals surface area (Å²) in [6, 6.07) is 25.8. The molecule has 2 N–H and O–H groups in total. The Labute approximate surface area is 234 Å². The number of pyridine rings is 1. The lowest BCUT2D eigenvalue weighted by molar-refractivity contribution is -0.384. The lowest BCUT2D eigenvalue weighted by Crippen LogP contribution is -2.43. The Kier molecular flexibility index (Phi) is 6.64. The van der Waals surface area contributed by atoms with Gasteiger partial charge in [0.15, 0.2) is 0 Å². The van der Waals surface area contributed by atoms with E-state index in [0.29, 0.717) is 22.6 Å². The SMILES string of the molecule is O=C(NC(Cc1c(-c2cccc([N+](=O)[O-])c2)nc2ccccn12)C(=O)O)OCC1c2ccccc2-c2ccccc21. The van der Waals surface area contributed by atoms with Crippen molar-refractivity contribution in [1.29, 1.82) is 0 Å². The lowest BCUT2D eigenvalue weighted by Gasteiger charge is -2.18. The van der Waals surface area contributed by atoms with E-state index >= 15 is 0 Å². The highest BCUT2D eigenvalue weighted by Gasteiger charge is 2.30. The zero-order chi connectivity index (χ0) is 28.5. The number of aliphatic carboxylic acids is 1. The summed E-state index contributed by atoms with van der Waals surface area (Å²) < 4.78 is 7.29. The van der Waals surface area contributed by atoms with Crippen LogP contribution in [0.15, 0.2) is 97.2 Å². The average Bonchev–Trinajstić information content (AvgIpc) is 3.51. The Hall–Kier alpha value is -5.51. The van der Waals surface area contributed by atoms with Gasteiger partial charge in [0.1, 0.15) is 18.3 Å². The van der Waals surface area contributed by atoms with Crippen molar-refractivity contribution in [2.45, 2.75) is 18.4 Å². The van der Waals surface area contributed by atoms with Crippen LogP contribution < -0.4 is 5.32 Å². The van der Waals surface area contributed by atoms with Crippen LogP contribution in [0.4, 0.5) is 10.5 Å². The smallest absolute Gasteiger partial charge is 0.407 e. The van der Waals surface area contributed by atoms with Crippen LogP contribution in [0.5, 0.6) is 0 Å². The summed E-state index contributed by atoms with van der Waals surface area (Å²) in [5.41, 5.74) is 6.01. The van der Waals surface area contributed by atoms with E-state index in [4.69, 9.17) is 4.74 Å². The van der Waals surface area contributed by atoms with Crippen molar-refractivity contribution in [3.63, 3.8) is 0 Å². The molecule has 5 aromatic rings. The summed E-state index contributed by atoms with van der Waals surface area (Å²) in [5.74, 6) is -1.43. The van der Waals surface area contributed by atoms with Crippen LogP contribution in [0.3, 0.4) is 0 Å². The van der Waals surface area contributed by atoms with Crippen LogP contribution in [-0.4, -0.2) is 44.1 Å². The predicted molar refractivity (Wildman–Crippen MR) is 151 cm³/mol. The van der Waals surface area contributed by atoms with Crippen LogP contribution in [0.1, 0.15) is 22.7 Å². The van der Waals surface area contributed by atoms with Crippen molar-refractivity contribution in [1.82, 2.24) is 14.7 Å². The van der Waals surface area contributed by atoms with Crippen molar-refractivity contribution >= 4 is 23.4 Å². The summed E-state index contributed by atoms with van der Waals surface area (Å²) in [4.78, 5) is 40.7. The van der Waals surface area contributed by atoms with Crippen LogP contribution >= 0.6 is 0 Å². The zero-order valence-electron chi connectivity index (χ0n) is 21.6. The summed E-state index contributed by atoms with van der Waals surface area (Å²) in [6.45, 7) is 0.0424.